The molecule has 2 bridgehead atoms. The Morgan fingerprint density at radius 2 is 2.04 bits per heavy atom. The van der Waals surface area contributed by atoms with Crippen molar-refractivity contribution in [2.75, 3.05) is 26.2 Å². The van der Waals surface area contributed by atoms with Gasteiger partial charge in [-0.05, 0) is 49.3 Å². The Morgan fingerprint density at radius 3 is 2.65 bits per heavy atom. The molecule has 26 heavy (non-hydrogen) atoms. The van der Waals surface area contributed by atoms with E-state index < -0.39 is 21.2 Å². The fraction of sp³-hybridized carbons (Fsp3) is 0.867. The van der Waals surface area contributed by atoms with Crippen LogP contribution >= 0.6 is 11.7 Å². The summed E-state index contributed by atoms with van der Waals surface area (Å²) in [6.45, 7) is 5.73. The van der Waals surface area contributed by atoms with E-state index in [0.29, 0.717) is 24.8 Å². The van der Waals surface area contributed by atoms with Gasteiger partial charge >= 0.3 is 15.2 Å². The zero-order valence-corrected chi connectivity index (χ0v) is 16.3. The number of amides is 3. The average molecular weight is 405 g/mol. The van der Waals surface area contributed by atoms with Gasteiger partial charge in [-0.3, -0.25) is 4.79 Å². The molecule has 146 valence electrons. The van der Waals surface area contributed by atoms with Gasteiger partial charge in [-0.15, -0.1) is 4.28 Å². The molecule has 0 aromatic carbocycles. The fourth-order valence-corrected chi connectivity index (χ4v) is 5.48. The molecule has 9 nitrogen and oxygen atoms in total. The Kier molecular flexibility index (Phi) is 4.41. The topological polar surface area (TPSA) is 99.3 Å². The molecule has 0 radical (unpaired) electrons. The van der Waals surface area contributed by atoms with Crippen LogP contribution in [0.4, 0.5) is 4.79 Å². The number of nitrogens with one attached hydrogen (secondary N) is 1. The van der Waals surface area contributed by atoms with Gasteiger partial charge in [0.05, 0.1) is 6.04 Å². The summed E-state index contributed by atoms with van der Waals surface area (Å²) in [5.74, 6) is -0.154. The lowest BCUT2D eigenvalue weighted by Gasteiger charge is -2.59. The van der Waals surface area contributed by atoms with Crippen molar-refractivity contribution in [2.24, 2.45) is 5.41 Å². The minimum atomic E-state index is -4.08. The van der Waals surface area contributed by atoms with Gasteiger partial charge < -0.3 is 15.1 Å². The zero-order chi connectivity index (χ0) is 18.7. The Morgan fingerprint density at radius 1 is 1.35 bits per heavy atom. The number of likely N-dealkylation sites (tertiary alicyclic amines) is 1. The third-order valence-electron chi connectivity index (χ3n) is 6.07. The minimum Gasteiger partial charge on any atom is -0.352 e. The van der Waals surface area contributed by atoms with Crippen LogP contribution in [-0.2, 0) is 18.2 Å². The maximum absolute atomic E-state index is 12.7. The third-order valence-corrected chi connectivity index (χ3v) is 6.62. The van der Waals surface area contributed by atoms with Crippen molar-refractivity contribution in [2.45, 2.75) is 50.7 Å². The lowest BCUT2D eigenvalue weighted by atomic mass is 9.60. The molecule has 1 spiro atoms. The van der Waals surface area contributed by atoms with E-state index in [4.69, 9.17) is 0 Å². The Labute approximate surface area is 157 Å². The molecule has 0 aromatic heterocycles. The Bertz CT molecular complexity index is 716. The van der Waals surface area contributed by atoms with Crippen LogP contribution in [-0.4, -0.2) is 79.5 Å². The van der Waals surface area contributed by atoms with E-state index >= 15 is 0 Å². The number of carbonyl (C=O) groups is 2. The first kappa shape index (κ1) is 18.3. The second kappa shape index (κ2) is 6.25. The lowest BCUT2D eigenvalue weighted by molar-refractivity contribution is -0.131. The summed E-state index contributed by atoms with van der Waals surface area (Å²) < 4.78 is 27.1. The maximum atomic E-state index is 12.7. The first-order valence-corrected chi connectivity index (χ1v) is 11.5. The van der Waals surface area contributed by atoms with Crippen molar-refractivity contribution < 1.29 is 22.3 Å². The first-order chi connectivity index (χ1) is 12.2. The summed E-state index contributed by atoms with van der Waals surface area (Å²) >= 11 is 3.33. The van der Waals surface area contributed by atoms with Gasteiger partial charge in [0.2, 0.25) is 5.91 Å². The summed E-state index contributed by atoms with van der Waals surface area (Å²) in [7, 11) is -4.08. The quantitative estimate of drug-likeness (QED) is 0.493. The number of carbonyl (C=O) groups excluding carboxylic acids is 2. The number of hydrogen-bond donors (Lipinski definition) is 2. The fourth-order valence-electron chi connectivity index (χ4n) is 4.87. The van der Waals surface area contributed by atoms with Crippen LogP contribution in [0.15, 0.2) is 0 Å². The molecule has 1 saturated carbocycles. The van der Waals surface area contributed by atoms with Crippen molar-refractivity contribution in [3.8, 4) is 0 Å². The molecule has 3 saturated heterocycles. The van der Waals surface area contributed by atoms with Crippen molar-refractivity contribution >= 4 is 32.7 Å². The van der Waals surface area contributed by atoms with Gasteiger partial charge in [0, 0.05) is 25.7 Å². The van der Waals surface area contributed by atoms with Gasteiger partial charge in [0.25, 0.3) is 0 Å². The number of hydroxylamine groups is 2. The molecule has 4 fully saturated rings. The molecule has 2 atom stereocenters. The van der Waals surface area contributed by atoms with E-state index in [-0.39, 0.29) is 18.0 Å². The average Bonchev–Trinajstić information content (AvgIpc) is 2.72. The molecule has 3 aliphatic heterocycles. The van der Waals surface area contributed by atoms with Crippen LogP contribution in [0.2, 0.25) is 0 Å². The van der Waals surface area contributed by atoms with Crippen LogP contribution < -0.4 is 5.32 Å². The van der Waals surface area contributed by atoms with E-state index in [9.17, 15) is 18.0 Å². The highest BCUT2D eigenvalue weighted by Gasteiger charge is 2.53. The van der Waals surface area contributed by atoms with Gasteiger partial charge in [-0.2, -0.15) is 13.5 Å². The van der Waals surface area contributed by atoms with E-state index in [2.05, 4.69) is 33.1 Å². The van der Waals surface area contributed by atoms with Crippen molar-refractivity contribution in [3.05, 3.63) is 0 Å². The molecule has 0 aromatic rings. The molecular formula is C15H24N4O5S2. The van der Waals surface area contributed by atoms with Crippen molar-refractivity contribution in [1.29, 1.82) is 0 Å². The molecule has 4 rings (SSSR count). The molecule has 3 heterocycles. The van der Waals surface area contributed by atoms with Gasteiger partial charge in [-0.1, -0.05) is 6.92 Å². The summed E-state index contributed by atoms with van der Waals surface area (Å²) in [5, 5.41) is 3.90. The molecule has 3 amide bonds. The summed E-state index contributed by atoms with van der Waals surface area (Å²) in [6, 6.07) is -1.36. The normalized spacial score (nSPS) is 31.1. The number of piperidine rings is 1. The molecule has 1 aliphatic carbocycles. The number of urea groups is 1. The highest BCUT2D eigenvalue weighted by molar-refractivity contribution is 8.61. The number of thiol groups is 1. The van der Waals surface area contributed by atoms with Crippen LogP contribution in [0.25, 0.3) is 0 Å². The highest BCUT2D eigenvalue weighted by atomic mass is 33.1. The number of hydrogen-bond acceptors (Lipinski definition) is 6. The van der Waals surface area contributed by atoms with E-state index in [1.54, 1.807) is 0 Å². The first-order valence-electron chi connectivity index (χ1n) is 8.99. The van der Waals surface area contributed by atoms with E-state index in [1.165, 1.54) is 4.90 Å². The number of rotatable bonds is 5. The van der Waals surface area contributed by atoms with Crippen LogP contribution in [0.1, 0.15) is 32.6 Å². The largest absolute Gasteiger partial charge is 0.352 e. The molecule has 0 unspecified atom stereocenters. The third kappa shape index (κ3) is 3.19. The van der Waals surface area contributed by atoms with Gasteiger partial charge in [-0.25, -0.2) is 4.79 Å². The molecule has 1 N–H and O–H groups in total. The maximum Gasteiger partial charge on any atom is 0.346 e. The van der Waals surface area contributed by atoms with E-state index in [0.717, 1.165) is 37.5 Å². The highest BCUT2D eigenvalue weighted by Crippen LogP contribution is 2.48. The summed E-state index contributed by atoms with van der Waals surface area (Å²) in [6.07, 6.45) is 3.00. The molecule has 11 heteroatoms. The van der Waals surface area contributed by atoms with Crippen molar-refractivity contribution in [1.82, 2.24) is 20.2 Å². The number of nitrogens with zero attached hydrogens (tertiary/aromatic N) is 3. The monoisotopic (exact) mass is 404 g/mol. The van der Waals surface area contributed by atoms with E-state index in [1.807, 2.05) is 0 Å². The van der Waals surface area contributed by atoms with Crippen LogP contribution in [0.3, 0.4) is 0 Å². The molecule has 4 aliphatic rings. The molecular weight excluding hydrogens is 380 g/mol. The predicted molar refractivity (Wildman–Crippen MR) is 95.5 cm³/mol. The van der Waals surface area contributed by atoms with Crippen LogP contribution in [0, 0.1) is 5.41 Å². The van der Waals surface area contributed by atoms with Gasteiger partial charge in [0.1, 0.15) is 6.04 Å². The summed E-state index contributed by atoms with van der Waals surface area (Å²) in [4.78, 5) is 28.9. The SMILES string of the molecule is CCN1CC2(CC(NC(=O)[C@@H]3CC[C@@H]4CN3C(=O)N4OS(=O)(=O)S)C2)C1. The Hall–Kier alpha value is -1.04. The smallest absolute Gasteiger partial charge is 0.346 e. The summed E-state index contributed by atoms with van der Waals surface area (Å²) in [5.41, 5.74) is 0.376. The second-order valence-electron chi connectivity index (χ2n) is 7.93. The second-order valence-corrected chi connectivity index (χ2v) is 10.3. The predicted octanol–water partition coefficient (Wildman–Crippen LogP) is -0.0383. The van der Waals surface area contributed by atoms with Crippen LogP contribution in [0.5, 0.6) is 0 Å². The van der Waals surface area contributed by atoms with Gasteiger partial charge in [0.15, 0.2) is 0 Å². The lowest BCUT2D eigenvalue weighted by Crippen LogP contribution is -2.67. The Balaban J connectivity index is 1.32. The number of fused-ring (bicyclic) bond motifs is 2. The zero-order valence-electron chi connectivity index (χ0n) is 14.6. The van der Waals surface area contributed by atoms with Crippen molar-refractivity contribution in [3.63, 3.8) is 0 Å². The standard InChI is InChI=1S/C15H24N4O5S2/c1-2-17-8-15(9-17)5-10(6-15)16-13(20)12-4-3-11-7-18(12)14(21)19(11)24-26(22,23)25/h10-12H,2-9H2,1H3,(H,16,20)(H,22,23,25)/t11-,12+/m1/s1. The minimum absolute atomic E-state index is 0.154.